The maximum Gasteiger partial charge on any atom is 0.311 e. The number of hydrogen-bond acceptors (Lipinski definition) is 16. The van der Waals surface area contributed by atoms with Crippen LogP contribution in [0.5, 0.6) is 0 Å². The van der Waals surface area contributed by atoms with Crippen molar-refractivity contribution in [3.05, 3.63) is 0 Å². The molecule has 16 heteroatoms. The summed E-state index contributed by atoms with van der Waals surface area (Å²) in [6, 6.07) is 0. The molecule has 0 radical (unpaired) electrons. The van der Waals surface area contributed by atoms with Crippen molar-refractivity contribution in [3.8, 4) is 0 Å². The molecule has 31 atom stereocenters. The molecule has 16 nitrogen and oxygen atoms in total. The number of esters is 8. The summed E-state index contributed by atoms with van der Waals surface area (Å²) < 4.78 is 49.0. The van der Waals surface area contributed by atoms with Gasteiger partial charge in [0.15, 0.2) is 0 Å². The number of fused-ring (bicyclic) bond motifs is 29. The predicted molar refractivity (Wildman–Crippen MR) is 493 cm³/mol. The fourth-order valence-electron chi connectivity index (χ4n) is 32.2. The molecule has 21 rings (SSSR count). The smallest absolute Gasteiger partial charge is 0.311 e. The Morgan fingerprint density at radius 2 is 0.621 bits per heavy atom. The highest BCUT2D eigenvalue weighted by Gasteiger charge is 2.71. The second kappa shape index (κ2) is 40.5. The van der Waals surface area contributed by atoms with Crippen molar-refractivity contribution in [2.45, 2.75) is 447 Å². The summed E-state index contributed by atoms with van der Waals surface area (Å²) in [6.45, 7) is 26.6. The number of rotatable bonds is 22. The summed E-state index contributed by atoms with van der Waals surface area (Å²) in [6.07, 6.45) is 42.8. The fraction of sp³-hybridized carbons (Fsp3) is 0.926. The van der Waals surface area contributed by atoms with Gasteiger partial charge >= 0.3 is 47.8 Å². The molecular formula is C108H184O16. The Morgan fingerprint density at radius 1 is 0.315 bits per heavy atom. The third-order valence-corrected chi connectivity index (χ3v) is 39.1. The molecule has 0 spiro atoms. The first kappa shape index (κ1) is 103. The van der Waals surface area contributed by atoms with E-state index in [1.54, 1.807) is 0 Å². The summed E-state index contributed by atoms with van der Waals surface area (Å²) in [4.78, 5) is 103. The van der Waals surface area contributed by atoms with Crippen LogP contribution in [0.25, 0.3) is 0 Å². The van der Waals surface area contributed by atoms with E-state index in [0.29, 0.717) is 107 Å². The van der Waals surface area contributed by atoms with E-state index in [-0.39, 0.29) is 201 Å². The van der Waals surface area contributed by atoms with Crippen molar-refractivity contribution >= 4 is 47.8 Å². The quantitative estimate of drug-likeness (QED) is 0.0560. The summed E-state index contributed by atoms with van der Waals surface area (Å²) in [5.41, 5.74) is -1.31. The third kappa shape index (κ3) is 18.7. The molecule has 0 aliphatic heterocycles. The van der Waals surface area contributed by atoms with Crippen LogP contribution < -0.4 is 0 Å². The van der Waals surface area contributed by atoms with E-state index in [0.717, 1.165) is 164 Å². The average molecular weight is 1740 g/mol. The number of carbonyl (C=O) groups is 8. The van der Waals surface area contributed by atoms with Gasteiger partial charge in [0.2, 0.25) is 0 Å². The van der Waals surface area contributed by atoms with Crippen molar-refractivity contribution in [2.75, 3.05) is 0 Å². The zero-order valence-corrected chi connectivity index (χ0v) is 73.8. The van der Waals surface area contributed by atoms with Gasteiger partial charge in [0.25, 0.3) is 0 Å². The van der Waals surface area contributed by atoms with Gasteiger partial charge in [-0.2, -0.15) is 0 Å². The minimum absolute atomic E-state index is 0. The Balaban J connectivity index is 0.000000183. The van der Waals surface area contributed by atoms with E-state index >= 15 is 0 Å². The van der Waals surface area contributed by atoms with Crippen LogP contribution in [0.2, 0.25) is 0 Å². The zero-order valence-electron chi connectivity index (χ0n) is 73.8. The maximum atomic E-state index is 13.4. The molecule has 31 unspecified atom stereocenters. The lowest BCUT2D eigenvalue weighted by molar-refractivity contribution is -0.210. The highest BCUT2D eigenvalue weighted by atomic mass is 16.6. The standard InChI is InChI=1S/C26H40O4.2C25H38O4.C24H36O4.8CH4/c1-4-15(3)24(27)29-21-14-17-13-20(21)23-18-11-16(22(17)23)12-19(18)25(28)30-26(5-2)9-7-6-8-10-26;1-5-24(2,3)23(27)28-21-13-16-11-19(21)20(12-16)22(26)29-25(4)17-7-14-6-15(9-17)10-18(25)8-14;1-4-14(3)23(26)28-20-13-16-12-19(20)22-17-10-15(21(16)22)11-18(17)24(27)29-25(5-2)8-6-7-9-25;1-4-13(2)22(25)27-19-12-15-11-18(19)21-16-9-14(20(15)21)10-17(16)23(26)28-24(3)7-5-6-8-24;;;;;;;;/h15-23H,4-14H2,1-3H3;14-21H,5-13H2,1-4H3;14-22H,4-13H2,1-3H3;13-21H,4-12H2,1-3H3;8*1H4. The highest BCUT2D eigenvalue weighted by Crippen LogP contribution is 2.73. The van der Waals surface area contributed by atoms with E-state index in [4.69, 9.17) is 37.9 Å². The summed E-state index contributed by atoms with van der Waals surface area (Å²) >= 11 is 0. The van der Waals surface area contributed by atoms with Crippen LogP contribution in [-0.2, 0) is 76.3 Å². The molecule has 21 aliphatic carbocycles. The van der Waals surface area contributed by atoms with Gasteiger partial charge in [0, 0.05) is 5.92 Å². The normalized spacial score (nSPS) is 42.5. The van der Waals surface area contributed by atoms with E-state index < -0.39 is 5.41 Å². The van der Waals surface area contributed by atoms with Gasteiger partial charge < -0.3 is 37.9 Å². The van der Waals surface area contributed by atoms with E-state index in [1.165, 1.54) is 116 Å². The largest absolute Gasteiger partial charge is 0.462 e. The monoisotopic (exact) mass is 1740 g/mol. The Morgan fingerprint density at radius 3 is 0.968 bits per heavy atom. The van der Waals surface area contributed by atoms with E-state index in [9.17, 15) is 38.4 Å². The van der Waals surface area contributed by atoms with Gasteiger partial charge in [-0.1, -0.05) is 128 Å². The third-order valence-electron chi connectivity index (χ3n) is 39.1. The number of hydrogen-bond donors (Lipinski definition) is 0. The number of ether oxygens (including phenoxy) is 8. The summed E-state index contributed by atoms with van der Waals surface area (Å²) in [7, 11) is 0. The van der Waals surface area contributed by atoms with Crippen LogP contribution in [0, 0.1) is 189 Å². The Hall–Kier alpha value is -4.24. The topological polar surface area (TPSA) is 210 Å². The highest BCUT2D eigenvalue weighted by molar-refractivity contribution is 5.78. The summed E-state index contributed by atoms with van der Waals surface area (Å²) in [5, 5.41) is 0. The molecule has 21 saturated carbocycles. The van der Waals surface area contributed by atoms with Gasteiger partial charge in [0.1, 0.15) is 46.8 Å². The van der Waals surface area contributed by atoms with Gasteiger partial charge in [-0.05, 0) is 408 Å². The van der Waals surface area contributed by atoms with Crippen molar-refractivity contribution in [3.63, 3.8) is 0 Å². The van der Waals surface area contributed by atoms with Crippen molar-refractivity contribution < 1.29 is 76.3 Å². The first-order valence-corrected chi connectivity index (χ1v) is 49.3. The lowest BCUT2D eigenvalue weighted by Crippen LogP contribution is -2.58. The van der Waals surface area contributed by atoms with Crippen LogP contribution in [0.3, 0.4) is 0 Å². The van der Waals surface area contributed by atoms with Gasteiger partial charge in [0.05, 0.1) is 46.8 Å². The van der Waals surface area contributed by atoms with E-state index in [1.807, 2.05) is 62.3 Å². The molecule has 0 aromatic carbocycles. The molecule has 0 aromatic heterocycles. The molecule has 0 heterocycles. The first-order valence-electron chi connectivity index (χ1n) is 49.3. The van der Waals surface area contributed by atoms with Crippen molar-refractivity contribution in [2.24, 2.45) is 189 Å². The maximum absolute atomic E-state index is 13.4. The molecule has 21 fully saturated rings. The minimum atomic E-state index is -0.453. The lowest BCUT2D eigenvalue weighted by Gasteiger charge is -2.59. The second-order valence-corrected chi connectivity index (χ2v) is 45.2. The molecule has 0 saturated heterocycles. The van der Waals surface area contributed by atoms with Crippen LogP contribution in [0.1, 0.15) is 400 Å². The van der Waals surface area contributed by atoms with Gasteiger partial charge in [-0.3, -0.25) is 38.4 Å². The SMILES string of the molecule is C.C.C.C.C.C.C.C.CCC(C)(C)C(=O)OC1CC2CC(C(=O)OC3(C)C4CC5CC(C4)CC3C5)C1C2.CCC(C)C(=O)OC1CC2CC1C1C3CC(CC3C(=O)OC3(C)CCCC3)C21.CCC(C)C(=O)OC1CC2CC1C1C3CC(CC3C(=O)OC3(CC)CCCC3)C21.CCC(C)C(=O)OC1CC2CC1C1C3CC(CC3C(=O)OC3(CC)CCCCC3)C21. The van der Waals surface area contributed by atoms with Crippen LogP contribution in [0.4, 0.5) is 0 Å². The van der Waals surface area contributed by atoms with E-state index in [2.05, 4.69) is 27.7 Å². The van der Waals surface area contributed by atoms with Gasteiger partial charge in [-0.25, -0.2) is 0 Å². The second-order valence-electron chi connectivity index (χ2n) is 45.2. The number of carbonyl (C=O) groups excluding carboxylic acids is 8. The van der Waals surface area contributed by atoms with Crippen LogP contribution in [-0.4, -0.2) is 94.6 Å². The van der Waals surface area contributed by atoms with Crippen molar-refractivity contribution in [1.29, 1.82) is 0 Å². The average Bonchev–Trinajstić information content (AvgIpc) is 1.54. The molecule has 124 heavy (non-hydrogen) atoms. The molecule has 0 aromatic rings. The van der Waals surface area contributed by atoms with Crippen molar-refractivity contribution in [1.82, 2.24) is 0 Å². The van der Waals surface area contributed by atoms with Gasteiger partial charge in [-0.15, -0.1) is 0 Å². The van der Waals surface area contributed by atoms with Crippen LogP contribution in [0.15, 0.2) is 0 Å². The molecule has 712 valence electrons. The molecule has 0 N–H and O–H groups in total. The first-order chi connectivity index (χ1) is 55.5. The summed E-state index contributed by atoms with van der Waals surface area (Å²) in [5.74, 6) is 14.9. The predicted octanol–water partition coefficient (Wildman–Crippen LogP) is 25.6. The fourth-order valence-corrected chi connectivity index (χ4v) is 32.2. The molecule has 0 amide bonds. The van der Waals surface area contributed by atoms with Crippen LogP contribution >= 0.6 is 0 Å². The molecule has 18 bridgehead atoms. The lowest BCUT2D eigenvalue weighted by atomic mass is 9.50. The minimum Gasteiger partial charge on any atom is -0.462 e. The molecule has 21 aliphatic rings. The zero-order chi connectivity index (χ0) is 81.6. The Bertz CT molecular complexity index is 3590. The Labute approximate surface area is 755 Å². The molecular weight excluding hydrogens is 1550 g/mol. The Kier molecular flexibility index (Phi) is 33.8.